The Hall–Kier alpha value is -3.41. The first-order valence-electron chi connectivity index (χ1n) is 11.7. The molecule has 2 aliphatic carbocycles. The van der Waals surface area contributed by atoms with Gasteiger partial charge in [0.2, 0.25) is 5.91 Å². The van der Waals surface area contributed by atoms with E-state index in [1.165, 1.54) is 7.11 Å². The Kier molecular flexibility index (Phi) is 5.34. The van der Waals surface area contributed by atoms with Crippen molar-refractivity contribution < 1.29 is 23.9 Å². The molecule has 0 radical (unpaired) electrons. The van der Waals surface area contributed by atoms with Crippen molar-refractivity contribution in [1.82, 2.24) is 4.90 Å². The second kappa shape index (κ2) is 8.12. The third-order valence-corrected chi connectivity index (χ3v) is 8.14. The van der Waals surface area contributed by atoms with Crippen LogP contribution in [0, 0.1) is 10.8 Å². The Bertz CT molecular complexity index is 1190. The summed E-state index contributed by atoms with van der Waals surface area (Å²) in [6, 6.07) is 17.2. The normalized spacial score (nSPS) is 27.7. The van der Waals surface area contributed by atoms with Crippen LogP contribution < -0.4 is 4.74 Å². The van der Waals surface area contributed by atoms with E-state index in [1.54, 1.807) is 7.11 Å². The number of rotatable bonds is 6. The summed E-state index contributed by atoms with van der Waals surface area (Å²) >= 11 is 0. The number of benzene rings is 2. The van der Waals surface area contributed by atoms with E-state index in [9.17, 15) is 14.4 Å². The van der Waals surface area contributed by atoms with E-state index < -0.39 is 16.8 Å². The number of likely N-dealkylation sites (tertiary alicyclic amines) is 1. The summed E-state index contributed by atoms with van der Waals surface area (Å²) in [5, 5.41) is 0. The van der Waals surface area contributed by atoms with Crippen LogP contribution in [0.4, 0.5) is 0 Å². The molecule has 5 rings (SSSR count). The second-order valence-electron chi connectivity index (χ2n) is 9.68. The van der Waals surface area contributed by atoms with Gasteiger partial charge in [-0.25, -0.2) is 0 Å². The van der Waals surface area contributed by atoms with Crippen molar-refractivity contribution in [3.8, 4) is 5.75 Å². The number of ketones is 1. The number of ether oxygens (including phenoxy) is 2. The van der Waals surface area contributed by atoms with Crippen LogP contribution >= 0.6 is 0 Å². The van der Waals surface area contributed by atoms with Crippen molar-refractivity contribution in [2.75, 3.05) is 14.2 Å². The number of amides is 1. The van der Waals surface area contributed by atoms with E-state index in [-0.39, 0.29) is 24.2 Å². The summed E-state index contributed by atoms with van der Waals surface area (Å²) in [4.78, 5) is 42.7. The average Bonchev–Trinajstić information content (AvgIpc) is 3.22. The number of Topliss-reactive ketones (excluding diaryl/α,β-unsaturated/α-hetero) is 1. The lowest BCUT2D eigenvalue weighted by Gasteiger charge is -2.42. The number of hydrogen-bond acceptors (Lipinski definition) is 5. The smallest absolute Gasteiger partial charge is 0.322 e. The molecule has 176 valence electrons. The molecule has 2 aromatic rings. The zero-order valence-corrected chi connectivity index (χ0v) is 19.8. The molecule has 0 spiro atoms. The van der Waals surface area contributed by atoms with Crippen LogP contribution in [0.15, 0.2) is 65.7 Å². The highest BCUT2D eigenvalue weighted by Gasteiger charge is 2.76. The summed E-state index contributed by atoms with van der Waals surface area (Å²) in [5.41, 5.74) is 1.25. The first-order chi connectivity index (χ1) is 16.4. The van der Waals surface area contributed by atoms with Crippen LogP contribution in [0.3, 0.4) is 0 Å². The van der Waals surface area contributed by atoms with Gasteiger partial charge in [0.25, 0.3) is 0 Å². The van der Waals surface area contributed by atoms with Crippen LogP contribution in [0.2, 0.25) is 0 Å². The number of hydrogen-bond donors (Lipinski definition) is 0. The summed E-state index contributed by atoms with van der Waals surface area (Å²) in [5.74, 6) is 0.00961. The molecule has 6 nitrogen and oxygen atoms in total. The van der Waals surface area contributed by atoms with Crippen LogP contribution in [-0.4, -0.2) is 42.8 Å². The minimum Gasteiger partial charge on any atom is -0.497 e. The zero-order valence-electron chi connectivity index (χ0n) is 19.8. The number of carbonyl (C=O) groups is 3. The highest BCUT2D eigenvalue weighted by atomic mass is 16.5. The highest BCUT2D eigenvalue weighted by molar-refractivity contribution is 6.12. The molecular weight excluding hydrogens is 430 g/mol. The molecule has 0 bridgehead atoms. The molecular formula is C28H29NO5. The molecule has 0 unspecified atom stereocenters. The Morgan fingerprint density at radius 3 is 2.38 bits per heavy atom. The van der Waals surface area contributed by atoms with E-state index in [1.807, 2.05) is 66.4 Å². The molecule has 0 N–H and O–H groups in total. The van der Waals surface area contributed by atoms with Gasteiger partial charge in [0.15, 0.2) is 11.2 Å². The lowest BCUT2D eigenvalue weighted by atomic mass is 9.58. The van der Waals surface area contributed by atoms with Crippen LogP contribution in [0.1, 0.15) is 37.3 Å². The van der Waals surface area contributed by atoms with Gasteiger partial charge in [0.1, 0.15) is 5.75 Å². The fourth-order valence-electron chi connectivity index (χ4n) is 6.59. The Balaban J connectivity index is 1.60. The first kappa shape index (κ1) is 22.4. The Morgan fingerprint density at radius 1 is 1.03 bits per heavy atom. The molecule has 2 fully saturated rings. The van der Waals surface area contributed by atoms with Gasteiger partial charge in [-0.2, -0.15) is 0 Å². The molecule has 1 amide bonds. The summed E-state index contributed by atoms with van der Waals surface area (Å²) in [6.45, 7) is 2.31. The van der Waals surface area contributed by atoms with Gasteiger partial charge in [-0.15, -0.1) is 0 Å². The van der Waals surface area contributed by atoms with Gasteiger partial charge in [0.05, 0.1) is 14.2 Å². The van der Waals surface area contributed by atoms with Crippen molar-refractivity contribution in [1.29, 1.82) is 0 Å². The van der Waals surface area contributed by atoms with Crippen LogP contribution in [-0.2, 0) is 32.1 Å². The first-order valence-corrected chi connectivity index (χ1v) is 11.7. The summed E-state index contributed by atoms with van der Waals surface area (Å²) in [6.07, 6.45) is 1.69. The molecule has 2 aromatic carbocycles. The summed E-state index contributed by atoms with van der Waals surface area (Å²) < 4.78 is 10.5. The van der Waals surface area contributed by atoms with Crippen molar-refractivity contribution in [2.24, 2.45) is 10.8 Å². The van der Waals surface area contributed by atoms with Gasteiger partial charge in [0, 0.05) is 30.0 Å². The molecule has 0 aromatic heterocycles. The number of methoxy groups -OCH3 is 2. The van der Waals surface area contributed by atoms with Crippen molar-refractivity contribution in [3.05, 3.63) is 76.9 Å². The molecule has 3 atom stereocenters. The topological polar surface area (TPSA) is 72.9 Å². The molecule has 1 saturated heterocycles. The lowest BCUT2D eigenvalue weighted by molar-refractivity contribution is -0.162. The quantitative estimate of drug-likeness (QED) is 0.484. The van der Waals surface area contributed by atoms with Gasteiger partial charge < -0.3 is 14.4 Å². The van der Waals surface area contributed by atoms with Gasteiger partial charge in [-0.05, 0) is 42.5 Å². The van der Waals surface area contributed by atoms with E-state index in [0.717, 1.165) is 22.4 Å². The lowest BCUT2D eigenvalue weighted by Crippen LogP contribution is -2.51. The van der Waals surface area contributed by atoms with Crippen LogP contribution in [0.25, 0.3) is 0 Å². The molecule has 1 saturated carbocycles. The maximum Gasteiger partial charge on any atom is 0.322 e. The largest absolute Gasteiger partial charge is 0.497 e. The van der Waals surface area contributed by atoms with E-state index in [4.69, 9.17) is 9.47 Å². The predicted molar refractivity (Wildman–Crippen MR) is 126 cm³/mol. The monoisotopic (exact) mass is 459 g/mol. The maximum absolute atomic E-state index is 14.2. The Morgan fingerprint density at radius 2 is 1.74 bits per heavy atom. The molecule has 1 heterocycles. The van der Waals surface area contributed by atoms with Crippen molar-refractivity contribution in [2.45, 2.75) is 45.2 Å². The molecule has 6 heteroatoms. The number of nitrogens with zero attached hydrogens (tertiary/aromatic N) is 1. The molecule has 3 aliphatic rings. The standard InChI is InChI=1S/C28H29NO5/c1-27-23-14-13-22(30)24(27)20(15-18-7-5-4-6-8-18)16-28(27,26(32)34-3)25(31)29(23)17-19-9-11-21(33-2)12-10-19/h4-12,23H,13-17H2,1-3H3/t23-,27-,28-/m1/s1. The fourth-order valence-corrected chi connectivity index (χ4v) is 6.59. The zero-order chi connectivity index (χ0) is 24.1. The minimum atomic E-state index is -1.41. The highest BCUT2D eigenvalue weighted by Crippen LogP contribution is 2.67. The van der Waals surface area contributed by atoms with E-state index >= 15 is 0 Å². The molecule has 1 aliphatic heterocycles. The third-order valence-electron chi connectivity index (χ3n) is 8.14. The molecule has 34 heavy (non-hydrogen) atoms. The number of carbonyl (C=O) groups excluding carboxylic acids is 3. The maximum atomic E-state index is 14.2. The number of esters is 1. The second-order valence-corrected chi connectivity index (χ2v) is 9.68. The third kappa shape index (κ3) is 2.97. The fraction of sp³-hybridized carbons (Fsp3) is 0.393. The van der Waals surface area contributed by atoms with Gasteiger partial charge in [-0.3, -0.25) is 14.4 Å². The van der Waals surface area contributed by atoms with E-state index in [0.29, 0.717) is 31.4 Å². The number of allylic oxidation sites excluding steroid dienone is 1. The van der Waals surface area contributed by atoms with E-state index in [2.05, 4.69) is 0 Å². The van der Waals surface area contributed by atoms with Gasteiger partial charge in [-0.1, -0.05) is 55.0 Å². The van der Waals surface area contributed by atoms with Crippen molar-refractivity contribution >= 4 is 17.7 Å². The average molecular weight is 460 g/mol. The minimum absolute atomic E-state index is 0.0505. The van der Waals surface area contributed by atoms with Gasteiger partial charge >= 0.3 is 5.97 Å². The predicted octanol–water partition coefficient (Wildman–Crippen LogP) is 3.88. The Labute approximate surface area is 199 Å². The van der Waals surface area contributed by atoms with Crippen LogP contribution in [0.5, 0.6) is 5.75 Å². The SMILES string of the molecule is COC(=O)[C@@]12CC(Cc3ccccc3)=C3C(=O)CC[C@@H](N(Cc4ccc(OC)cc4)C1=O)[C@]32C. The van der Waals surface area contributed by atoms with Crippen molar-refractivity contribution in [3.63, 3.8) is 0 Å². The summed E-state index contributed by atoms with van der Waals surface area (Å²) in [7, 11) is 2.94.